The lowest BCUT2D eigenvalue weighted by Gasteiger charge is -2.44. The van der Waals surface area contributed by atoms with Gasteiger partial charge in [0.15, 0.2) is 12.6 Å². The molecule has 2 saturated heterocycles. The van der Waals surface area contributed by atoms with E-state index in [4.69, 9.17) is 46.9 Å². The van der Waals surface area contributed by atoms with Gasteiger partial charge in [-0.1, -0.05) is 0 Å². The number of ether oxygens (including phenoxy) is 3. The molecule has 19 heteroatoms. The lowest BCUT2D eigenvalue weighted by molar-refractivity contribution is -0.272. The molecule has 11 atom stereocenters. The summed E-state index contributed by atoms with van der Waals surface area (Å²) in [6, 6.07) is -4.63. The molecule has 2 aliphatic heterocycles. The first-order valence-corrected chi connectivity index (χ1v) is 11.9. The molecule has 17 nitrogen and oxygen atoms in total. The van der Waals surface area contributed by atoms with Crippen LogP contribution in [0.1, 0.15) is 0 Å². The fraction of sp³-hybridized carbons (Fsp3) is 1.00. The molecule has 2 heterocycles. The van der Waals surface area contributed by atoms with E-state index in [-0.39, 0.29) is 0 Å². The molecule has 0 radical (unpaired) electrons. The van der Waals surface area contributed by atoms with Crippen molar-refractivity contribution >= 4 is 15.6 Å². The summed E-state index contributed by atoms with van der Waals surface area (Å²) in [6.07, 6.45) is -8.26. The molecule has 0 aromatic heterocycles. The van der Waals surface area contributed by atoms with Crippen LogP contribution in [0.5, 0.6) is 0 Å². The van der Waals surface area contributed by atoms with Gasteiger partial charge < -0.3 is 67.1 Å². The highest BCUT2D eigenvalue weighted by Crippen LogP contribution is 2.58. The lowest BCUT2D eigenvalue weighted by Crippen LogP contribution is -2.67. The molecule has 0 aromatic rings. The van der Waals surface area contributed by atoms with Crippen molar-refractivity contribution in [1.82, 2.24) is 0 Å². The first-order chi connectivity index (χ1) is 14.2. The summed E-state index contributed by atoms with van der Waals surface area (Å²) in [5, 5.41) is 29.4. The Labute approximate surface area is 176 Å². The van der Waals surface area contributed by atoms with Gasteiger partial charge in [0.1, 0.15) is 18.3 Å². The molecule has 0 amide bonds. The zero-order chi connectivity index (χ0) is 23.7. The van der Waals surface area contributed by atoms with E-state index in [0.717, 1.165) is 0 Å². The zero-order valence-electron chi connectivity index (χ0n) is 15.9. The average molecular weight is 498 g/mol. The first-order valence-electron chi connectivity index (χ1n) is 8.86. The largest absolute Gasteiger partial charge is 0.481 e. The van der Waals surface area contributed by atoms with Gasteiger partial charge in [-0.2, -0.15) is 4.31 Å². The van der Waals surface area contributed by atoms with Crippen molar-refractivity contribution < 1.29 is 62.2 Å². The average Bonchev–Trinajstić information content (AvgIpc) is 2.64. The molecular weight excluding hydrogens is 470 g/mol. The Morgan fingerprint density at radius 1 is 0.871 bits per heavy atom. The van der Waals surface area contributed by atoms with Gasteiger partial charge in [0.25, 0.3) is 0 Å². The van der Waals surface area contributed by atoms with Crippen LogP contribution in [-0.2, 0) is 32.2 Å². The monoisotopic (exact) mass is 498 g/mol. The van der Waals surface area contributed by atoms with Crippen molar-refractivity contribution in [2.24, 2.45) is 22.9 Å². The molecule has 0 spiro atoms. The predicted octanol–water partition coefficient (Wildman–Crippen LogP) is -5.30. The van der Waals surface area contributed by atoms with Crippen LogP contribution < -0.4 is 22.9 Å². The highest BCUT2D eigenvalue weighted by atomic mass is 31.3. The van der Waals surface area contributed by atoms with E-state index in [0.29, 0.717) is 0 Å². The van der Waals surface area contributed by atoms with Crippen LogP contribution in [0, 0.1) is 0 Å². The Balaban J connectivity index is 2.03. The Kier molecular flexibility index (Phi) is 9.11. The highest BCUT2D eigenvalue weighted by Gasteiger charge is 2.49. The fourth-order valence-corrected chi connectivity index (χ4v) is 4.89. The second-order valence-corrected chi connectivity index (χ2v) is 9.82. The summed E-state index contributed by atoms with van der Waals surface area (Å²) in [7, 11) is -10.7. The summed E-state index contributed by atoms with van der Waals surface area (Å²) < 4.78 is 46.9. The zero-order valence-corrected chi connectivity index (χ0v) is 17.7. The van der Waals surface area contributed by atoms with Crippen LogP contribution in [-0.4, -0.2) is 104 Å². The van der Waals surface area contributed by atoms with Crippen molar-refractivity contribution in [3.05, 3.63) is 0 Å². The third-order valence-corrected chi connectivity index (χ3v) is 6.93. The van der Waals surface area contributed by atoms with Gasteiger partial charge in [-0.05, 0) is 0 Å². The van der Waals surface area contributed by atoms with Gasteiger partial charge in [-0.3, -0.25) is 4.52 Å². The van der Waals surface area contributed by atoms with E-state index in [2.05, 4.69) is 8.83 Å². The lowest BCUT2D eigenvalue weighted by atomic mass is 9.95. The normalized spacial score (nSPS) is 44.1. The highest BCUT2D eigenvalue weighted by molar-refractivity contribution is 7.60. The molecule has 0 saturated carbocycles. The number of nitrogens with two attached hydrogens (primary N) is 4. The second-order valence-electron chi connectivity index (χ2n) is 7.03. The maximum absolute atomic E-state index is 11.8. The quantitative estimate of drug-likeness (QED) is 0.140. The van der Waals surface area contributed by atoms with Crippen LogP contribution in [0.3, 0.4) is 0 Å². The molecule has 1 unspecified atom stereocenters. The van der Waals surface area contributed by atoms with Gasteiger partial charge >= 0.3 is 15.6 Å². The first kappa shape index (κ1) is 27.1. The molecule has 31 heavy (non-hydrogen) atoms. The Hall–Kier alpha value is -0.140. The summed E-state index contributed by atoms with van der Waals surface area (Å²) in [4.78, 5) is 26.9. The molecule has 2 aliphatic rings. The van der Waals surface area contributed by atoms with Crippen molar-refractivity contribution in [2.45, 2.75) is 61.2 Å². The maximum atomic E-state index is 11.8. The fourth-order valence-electron chi connectivity index (χ4n) is 3.08. The van der Waals surface area contributed by atoms with Crippen molar-refractivity contribution in [3.8, 4) is 0 Å². The number of rotatable bonds is 8. The Bertz CT molecular complexity index is 697. The SMILES string of the molecule is N[C@@H]1[C@@H](N)[C@@H](O)O[C@H](CO[C@@H]2O[C@H](CO)[C@@H](OP(=O)(O)OP(=O)(O)O)[C@H](N)[C@H]2N)[C@H]1O. The number of phosphoric acid groups is 2. The summed E-state index contributed by atoms with van der Waals surface area (Å²) in [6.45, 7) is -1.21. The van der Waals surface area contributed by atoms with Crippen molar-refractivity contribution in [1.29, 1.82) is 0 Å². The van der Waals surface area contributed by atoms with Crippen LogP contribution in [0.4, 0.5) is 0 Å². The maximum Gasteiger partial charge on any atom is 0.481 e. The molecular formula is C12H28N4O13P2. The third-order valence-electron chi connectivity index (χ3n) is 4.75. The van der Waals surface area contributed by atoms with Crippen molar-refractivity contribution in [2.75, 3.05) is 13.2 Å². The topological polar surface area (TPSA) is 306 Å². The van der Waals surface area contributed by atoms with E-state index in [1.165, 1.54) is 0 Å². The third kappa shape index (κ3) is 6.92. The minimum absolute atomic E-state index is 0.396. The van der Waals surface area contributed by atoms with E-state index in [1.54, 1.807) is 0 Å². The van der Waals surface area contributed by atoms with E-state index in [1.807, 2.05) is 0 Å². The number of hydrogen-bond donors (Lipinski definition) is 10. The number of aliphatic hydroxyl groups excluding tert-OH is 3. The van der Waals surface area contributed by atoms with E-state index >= 15 is 0 Å². The van der Waals surface area contributed by atoms with Crippen LogP contribution in [0.25, 0.3) is 0 Å². The minimum atomic E-state index is -5.39. The number of phosphoric ester groups is 1. The Morgan fingerprint density at radius 2 is 1.48 bits per heavy atom. The van der Waals surface area contributed by atoms with Crippen LogP contribution in [0.15, 0.2) is 0 Å². The number of aliphatic hydroxyl groups is 3. The van der Waals surface area contributed by atoms with E-state index in [9.17, 15) is 29.3 Å². The van der Waals surface area contributed by atoms with Crippen molar-refractivity contribution in [3.63, 3.8) is 0 Å². The molecule has 2 fully saturated rings. The standard InChI is InChI=1S/C12H28N4O13P2/c13-5-7(15)11(19)26-4(9(5)18)2-25-12-8(16)6(14)10(3(1-17)27-12)28-31(23,24)29-30(20,21)22/h3-12,17-19H,1-2,13-16H2,(H,23,24)(H2,20,21,22)/t3-,4-,5-,6-,7-,8-,9-,10-,11+,12-/m1/s1. The minimum Gasteiger partial charge on any atom is -0.394 e. The molecule has 14 N–H and O–H groups in total. The summed E-state index contributed by atoms with van der Waals surface area (Å²) in [5.74, 6) is 0. The predicted molar refractivity (Wildman–Crippen MR) is 98.3 cm³/mol. The van der Waals surface area contributed by atoms with Gasteiger partial charge in [0.05, 0.1) is 43.5 Å². The van der Waals surface area contributed by atoms with E-state index < -0.39 is 90.0 Å². The van der Waals surface area contributed by atoms with Crippen LogP contribution in [0.2, 0.25) is 0 Å². The second kappa shape index (κ2) is 10.4. The molecule has 2 rings (SSSR count). The van der Waals surface area contributed by atoms with Crippen LogP contribution >= 0.6 is 15.6 Å². The number of hydrogen-bond acceptors (Lipinski definition) is 14. The van der Waals surface area contributed by atoms with Gasteiger partial charge in [0, 0.05) is 0 Å². The van der Waals surface area contributed by atoms with Gasteiger partial charge in [0.2, 0.25) is 0 Å². The summed E-state index contributed by atoms with van der Waals surface area (Å²) >= 11 is 0. The molecule has 184 valence electrons. The Morgan fingerprint density at radius 3 is 2.03 bits per heavy atom. The molecule has 0 aromatic carbocycles. The van der Waals surface area contributed by atoms with Gasteiger partial charge in [-0.15, -0.1) is 0 Å². The summed E-state index contributed by atoms with van der Waals surface area (Å²) in [5.41, 5.74) is 23.1. The smallest absolute Gasteiger partial charge is 0.394 e. The molecule has 0 bridgehead atoms. The van der Waals surface area contributed by atoms with Gasteiger partial charge in [-0.25, -0.2) is 9.13 Å². The molecule has 0 aliphatic carbocycles.